The first kappa shape index (κ1) is 18.5. The normalized spacial score (nSPS) is 14.5. The number of carbonyl (C=O) groups is 2. The summed E-state index contributed by atoms with van der Waals surface area (Å²) in [5, 5.41) is 5.36. The van der Waals surface area contributed by atoms with Gasteiger partial charge in [0.05, 0.1) is 5.56 Å². The molecule has 1 aliphatic rings. The highest BCUT2D eigenvalue weighted by molar-refractivity contribution is 6.02. The van der Waals surface area contributed by atoms with Crippen molar-refractivity contribution in [1.29, 1.82) is 0 Å². The number of anilines is 2. The largest absolute Gasteiger partial charge is 0.416 e. The molecule has 0 radical (unpaired) electrons. The van der Waals surface area contributed by atoms with E-state index in [0.29, 0.717) is 24.3 Å². The molecule has 0 unspecified atom stereocenters. The maximum Gasteiger partial charge on any atom is 0.416 e. The molecule has 2 aromatic carbocycles. The summed E-state index contributed by atoms with van der Waals surface area (Å²) in [6, 6.07) is 11.1. The molecule has 0 aromatic heterocycles. The van der Waals surface area contributed by atoms with E-state index in [1.54, 1.807) is 29.2 Å². The quantitative estimate of drug-likeness (QED) is 0.797. The van der Waals surface area contributed by atoms with Crippen molar-refractivity contribution in [3.05, 3.63) is 65.7 Å². The Balaban J connectivity index is 1.58. The summed E-state index contributed by atoms with van der Waals surface area (Å²) in [7, 11) is 0. The first-order chi connectivity index (χ1) is 12.8. The Labute approximate surface area is 153 Å². The molecule has 2 N–H and O–H groups in total. The fourth-order valence-electron chi connectivity index (χ4n) is 2.58. The van der Waals surface area contributed by atoms with Crippen molar-refractivity contribution in [2.24, 2.45) is 0 Å². The second-order valence-corrected chi connectivity index (χ2v) is 5.87. The molecule has 1 aliphatic heterocycles. The molecule has 140 valence electrons. The molecule has 0 bridgehead atoms. The van der Waals surface area contributed by atoms with Crippen LogP contribution in [0.3, 0.4) is 0 Å². The lowest BCUT2D eigenvalue weighted by atomic mass is 10.1. The average Bonchev–Trinajstić information content (AvgIpc) is 3.06. The SMILES string of the molecule is O=C(/C=C/c1ccc(C(F)(F)F)cc1)Nc1ccc(N2CCNC2=O)cc1. The van der Waals surface area contributed by atoms with E-state index >= 15 is 0 Å². The lowest BCUT2D eigenvalue weighted by Crippen LogP contribution is -2.27. The first-order valence-electron chi connectivity index (χ1n) is 8.15. The third-order valence-electron chi connectivity index (χ3n) is 3.97. The minimum Gasteiger partial charge on any atom is -0.336 e. The summed E-state index contributed by atoms with van der Waals surface area (Å²) in [6.45, 7) is 1.17. The van der Waals surface area contributed by atoms with Gasteiger partial charge in [-0.2, -0.15) is 13.2 Å². The fourth-order valence-corrected chi connectivity index (χ4v) is 2.58. The van der Waals surface area contributed by atoms with Crippen LogP contribution in [-0.2, 0) is 11.0 Å². The van der Waals surface area contributed by atoms with Gasteiger partial charge in [-0.3, -0.25) is 9.69 Å². The Kier molecular flexibility index (Phi) is 5.16. The third-order valence-corrected chi connectivity index (χ3v) is 3.97. The number of hydrogen-bond acceptors (Lipinski definition) is 2. The van der Waals surface area contributed by atoms with Crippen molar-refractivity contribution in [2.75, 3.05) is 23.3 Å². The van der Waals surface area contributed by atoms with Gasteiger partial charge in [0.1, 0.15) is 0 Å². The summed E-state index contributed by atoms with van der Waals surface area (Å²) in [4.78, 5) is 25.2. The predicted octanol–water partition coefficient (Wildman–Crippen LogP) is 3.89. The van der Waals surface area contributed by atoms with Gasteiger partial charge in [0.25, 0.3) is 0 Å². The smallest absolute Gasteiger partial charge is 0.336 e. The van der Waals surface area contributed by atoms with Crippen molar-refractivity contribution in [1.82, 2.24) is 5.32 Å². The van der Waals surface area contributed by atoms with Gasteiger partial charge in [0.15, 0.2) is 0 Å². The van der Waals surface area contributed by atoms with Crippen LogP contribution in [0.4, 0.5) is 29.3 Å². The summed E-state index contributed by atoms with van der Waals surface area (Å²) in [5.74, 6) is -0.415. The third kappa shape index (κ3) is 4.66. The monoisotopic (exact) mass is 375 g/mol. The highest BCUT2D eigenvalue weighted by Gasteiger charge is 2.29. The summed E-state index contributed by atoms with van der Waals surface area (Å²) < 4.78 is 37.6. The van der Waals surface area contributed by atoms with E-state index in [1.165, 1.54) is 24.3 Å². The maximum absolute atomic E-state index is 12.5. The standard InChI is InChI=1S/C19H16F3N3O2/c20-19(21,22)14-4-1-13(2-5-14)3-10-17(26)24-15-6-8-16(9-7-15)25-12-11-23-18(25)27/h1-10H,11-12H2,(H,23,27)(H,24,26)/b10-3+. The molecule has 0 atom stereocenters. The Morgan fingerprint density at radius 3 is 2.30 bits per heavy atom. The van der Waals surface area contributed by atoms with E-state index < -0.39 is 17.6 Å². The second-order valence-electron chi connectivity index (χ2n) is 5.87. The number of halogens is 3. The Bertz CT molecular complexity index is 859. The molecule has 27 heavy (non-hydrogen) atoms. The van der Waals surface area contributed by atoms with Crippen molar-refractivity contribution >= 4 is 29.4 Å². The molecule has 2 aromatic rings. The van der Waals surface area contributed by atoms with Crippen LogP contribution >= 0.6 is 0 Å². The number of rotatable bonds is 4. The van der Waals surface area contributed by atoms with Crippen molar-refractivity contribution in [2.45, 2.75) is 6.18 Å². The van der Waals surface area contributed by atoms with Crippen LogP contribution in [0.25, 0.3) is 6.08 Å². The Hall–Kier alpha value is -3.29. The number of urea groups is 1. The molecular formula is C19H16F3N3O2. The number of alkyl halides is 3. The van der Waals surface area contributed by atoms with E-state index in [1.807, 2.05) is 0 Å². The molecule has 1 heterocycles. The Morgan fingerprint density at radius 1 is 1.07 bits per heavy atom. The van der Waals surface area contributed by atoms with Crippen LogP contribution in [0.5, 0.6) is 0 Å². The van der Waals surface area contributed by atoms with Gasteiger partial charge in [-0.15, -0.1) is 0 Å². The zero-order valence-electron chi connectivity index (χ0n) is 14.1. The summed E-state index contributed by atoms with van der Waals surface area (Å²) in [5.41, 5.74) is 1.01. The van der Waals surface area contributed by atoms with Crippen LogP contribution < -0.4 is 15.5 Å². The van der Waals surface area contributed by atoms with Gasteiger partial charge in [-0.05, 0) is 48.0 Å². The summed E-state index contributed by atoms with van der Waals surface area (Å²) in [6.07, 6.45) is -1.72. The predicted molar refractivity (Wildman–Crippen MR) is 96.3 cm³/mol. The molecule has 1 fully saturated rings. The number of carbonyl (C=O) groups excluding carboxylic acids is 2. The van der Waals surface area contributed by atoms with Gasteiger partial charge in [-0.25, -0.2) is 4.79 Å². The Morgan fingerprint density at radius 2 is 1.74 bits per heavy atom. The molecule has 1 saturated heterocycles. The van der Waals surface area contributed by atoms with Gasteiger partial charge in [0, 0.05) is 30.5 Å². The molecule has 0 aliphatic carbocycles. The zero-order valence-corrected chi connectivity index (χ0v) is 14.1. The molecule has 3 amide bonds. The van der Waals surface area contributed by atoms with Crippen LogP contribution in [0, 0.1) is 0 Å². The van der Waals surface area contributed by atoms with E-state index in [2.05, 4.69) is 10.6 Å². The fraction of sp³-hybridized carbons (Fsp3) is 0.158. The first-order valence-corrected chi connectivity index (χ1v) is 8.15. The molecule has 8 heteroatoms. The van der Waals surface area contributed by atoms with E-state index in [9.17, 15) is 22.8 Å². The molecule has 5 nitrogen and oxygen atoms in total. The number of hydrogen-bond donors (Lipinski definition) is 2. The van der Waals surface area contributed by atoms with Crippen molar-refractivity contribution in [3.8, 4) is 0 Å². The second kappa shape index (κ2) is 7.53. The van der Waals surface area contributed by atoms with Gasteiger partial charge in [-0.1, -0.05) is 12.1 Å². The van der Waals surface area contributed by atoms with Crippen molar-refractivity contribution in [3.63, 3.8) is 0 Å². The molecule has 0 saturated carbocycles. The zero-order chi connectivity index (χ0) is 19.4. The van der Waals surface area contributed by atoms with Crippen LogP contribution in [-0.4, -0.2) is 25.0 Å². The van der Waals surface area contributed by atoms with E-state index in [4.69, 9.17) is 0 Å². The number of amides is 3. The van der Waals surface area contributed by atoms with E-state index in [0.717, 1.165) is 17.8 Å². The maximum atomic E-state index is 12.5. The molecular weight excluding hydrogens is 359 g/mol. The lowest BCUT2D eigenvalue weighted by Gasteiger charge is -2.14. The number of nitrogens with zero attached hydrogens (tertiary/aromatic N) is 1. The highest BCUT2D eigenvalue weighted by Crippen LogP contribution is 2.29. The summed E-state index contributed by atoms with van der Waals surface area (Å²) >= 11 is 0. The van der Waals surface area contributed by atoms with Gasteiger partial charge in [0.2, 0.25) is 5.91 Å². The van der Waals surface area contributed by atoms with Gasteiger partial charge >= 0.3 is 12.2 Å². The highest BCUT2D eigenvalue weighted by atomic mass is 19.4. The van der Waals surface area contributed by atoms with Gasteiger partial charge < -0.3 is 10.6 Å². The number of benzene rings is 2. The molecule has 3 rings (SSSR count). The van der Waals surface area contributed by atoms with E-state index in [-0.39, 0.29) is 6.03 Å². The topological polar surface area (TPSA) is 61.4 Å². The molecule has 0 spiro atoms. The number of nitrogens with one attached hydrogen (secondary N) is 2. The minimum atomic E-state index is -4.39. The van der Waals surface area contributed by atoms with Crippen LogP contribution in [0.1, 0.15) is 11.1 Å². The van der Waals surface area contributed by atoms with Crippen molar-refractivity contribution < 1.29 is 22.8 Å². The lowest BCUT2D eigenvalue weighted by molar-refractivity contribution is -0.137. The minimum absolute atomic E-state index is 0.161. The van der Waals surface area contributed by atoms with Crippen LogP contribution in [0.2, 0.25) is 0 Å². The average molecular weight is 375 g/mol. The van der Waals surface area contributed by atoms with Crippen LogP contribution in [0.15, 0.2) is 54.6 Å².